The second kappa shape index (κ2) is 9.73. The standard InChI is InChI=1S/C25H21F3N4O4/c1-15(33)32-14-20(19-8-7-17(13-29)11-22(19)32)30-24(35)31-9-3-6-21(31)23(34)12-16-4-2-5-18(10-16)36-25(26,27)28/h2,4-5,7-8,10-11,14,21H,3,6,9,12H2,1H3,(H,30,35)/t21-/m0/s1. The Hall–Kier alpha value is -4.33. The van der Waals surface area contributed by atoms with Crippen LogP contribution in [0, 0.1) is 11.3 Å². The molecule has 1 atom stereocenters. The van der Waals surface area contributed by atoms with Crippen molar-refractivity contribution in [3.05, 3.63) is 59.8 Å². The van der Waals surface area contributed by atoms with Gasteiger partial charge in [0.2, 0.25) is 5.91 Å². The maximum atomic E-state index is 13.1. The zero-order chi connectivity index (χ0) is 26.0. The van der Waals surface area contributed by atoms with E-state index in [0.717, 1.165) is 12.1 Å². The zero-order valence-corrected chi connectivity index (χ0v) is 19.1. The molecule has 0 aliphatic carbocycles. The summed E-state index contributed by atoms with van der Waals surface area (Å²) in [5.41, 5.74) is 1.51. The number of rotatable bonds is 5. The number of carbonyl (C=O) groups excluding carboxylic acids is 3. The van der Waals surface area contributed by atoms with Crippen LogP contribution in [0.2, 0.25) is 0 Å². The molecular formula is C25H21F3N4O4. The van der Waals surface area contributed by atoms with Gasteiger partial charge in [0.15, 0.2) is 5.78 Å². The van der Waals surface area contributed by atoms with Crippen molar-refractivity contribution in [2.45, 2.75) is 38.6 Å². The number of urea groups is 1. The van der Waals surface area contributed by atoms with Crippen LogP contribution in [0.3, 0.4) is 0 Å². The van der Waals surface area contributed by atoms with Crippen LogP contribution in [0.5, 0.6) is 5.75 Å². The molecule has 0 spiro atoms. The van der Waals surface area contributed by atoms with Gasteiger partial charge in [0, 0.05) is 31.5 Å². The van der Waals surface area contributed by atoms with E-state index in [2.05, 4.69) is 10.1 Å². The molecule has 8 nitrogen and oxygen atoms in total. The van der Waals surface area contributed by atoms with E-state index in [1.807, 2.05) is 6.07 Å². The number of anilines is 1. The minimum absolute atomic E-state index is 0.163. The summed E-state index contributed by atoms with van der Waals surface area (Å²) >= 11 is 0. The van der Waals surface area contributed by atoms with Crippen molar-refractivity contribution >= 4 is 34.3 Å². The van der Waals surface area contributed by atoms with E-state index in [4.69, 9.17) is 5.26 Å². The van der Waals surface area contributed by atoms with E-state index >= 15 is 0 Å². The first-order valence-corrected chi connectivity index (χ1v) is 11.1. The highest BCUT2D eigenvalue weighted by Crippen LogP contribution is 2.29. The number of amides is 2. The van der Waals surface area contributed by atoms with Crippen molar-refractivity contribution in [3.8, 4) is 11.8 Å². The molecule has 1 saturated heterocycles. The normalized spacial score (nSPS) is 15.5. The highest BCUT2D eigenvalue weighted by Gasteiger charge is 2.35. The van der Waals surface area contributed by atoms with Crippen LogP contribution in [0.25, 0.3) is 10.9 Å². The van der Waals surface area contributed by atoms with Gasteiger partial charge in [-0.05, 0) is 48.7 Å². The molecule has 1 aromatic heterocycles. The lowest BCUT2D eigenvalue weighted by Crippen LogP contribution is -2.43. The Kier molecular flexibility index (Phi) is 6.70. The highest BCUT2D eigenvalue weighted by molar-refractivity contribution is 6.06. The molecule has 11 heteroatoms. The maximum absolute atomic E-state index is 13.1. The fraction of sp³-hybridized carbons (Fsp3) is 0.280. The molecule has 1 N–H and O–H groups in total. The molecule has 0 saturated carbocycles. The number of nitrogens with one attached hydrogen (secondary N) is 1. The third-order valence-electron chi connectivity index (χ3n) is 5.91. The van der Waals surface area contributed by atoms with Crippen molar-refractivity contribution in [2.24, 2.45) is 0 Å². The minimum atomic E-state index is -4.84. The third-order valence-corrected chi connectivity index (χ3v) is 5.91. The van der Waals surface area contributed by atoms with Crippen LogP contribution in [0.4, 0.5) is 23.7 Å². The Labute approximate surface area is 203 Å². The first-order valence-electron chi connectivity index (χ1n) is 11.1. The van der Waals surface area contributed by atoms with E-state index in [9.17, 15) is 27.6 Å². The molecule has 2 heterocycles. The van der Waals surface area contributed by atoms with Gasteiger partial charge in [-0.25, -0.2) is 4.79 Å². The SMILES string of the molecule is CC(=O)n1cc(NC(=O)N2CCC[C@H]2C(=O)Cc2cccc(OC(F)(F)F)c2)c2ccc(C#N)cc21. The van der Waals surface area contributed by atoms with Crippen LogP contribution in [-0.4, -0.2) is 46.1 Å². The molecule has 4 rings (SSSR count). The molecule has 2 aromatic carbocycles. The third kappa shape index (κ3) is 5.33. The molecule has 0 radical (unpaired) electrons. The number of aromatic nitrogens is 1. The molecule has 186 valence electrons. The Morgan fingerprint density at radius 1 is 1.19 bits per heavy atom. The molecule has 1 aliphatic rings. The Balaban J connectivity index is 1.51. The van der Waals surface area contributed by atoms with Gasteiger partial charge in [-0.1, -0.05) is 12.1 Å². The summed E-state index contributed by atoms with van der Waals surface area (Å²) in [5.74, 6) is -1.03. The summed E-state index contributed by atoms with van der Waals surface area (Å²) in [6.45, 7) is 1.68. The second-order valence-corrected chi connectivity index (χ2v) is 8.40. The number of alkyl halides is 3. The van der Waals surface area contributed by atoms with Crippen LogP contribution in [-0.2, 0) is 11.2 Å². The van der Waals surface area contributed by atoms with E-state index in [-0.39, 0.29) is 18.1 Å². The number of ether oxygens (including phenoxy) is 1. The summed E-state index contributed by atoms with van der Waals surface area (Å²) in [4.78, 5) is 39.6. The van der Waals surface area contributed by atoms with Crippen molar-refractivity contribution in [1.29, 1.82) is 5.26 Å². The summed E-state index contributed by atoms with van der Waals surface area (Å²) in [6.07, 6.45) is -2.53. The van der Waals surface area contributed by atoms with Crippen LogP contribution < -0.4 is 10.1 Å². The van der Waals surface area contributed by atoms with Gasteiger partial charge in [0.25, 0.3) is 0 Å². The van der Waals surface area contributed by atoms with Gasteiger partial charge >= 0.3 is 12.4 Å². The van der Waals surface area contributed by atoms with E-state index in [1.54, 1.807) is 18.2 Å². The number of benzene rings is 2. The number of fused-ring (bicyclic) bond motifs is 1. The second-order valence-electron chi connectivity index (χ2n) is 8.40. The maximum Gasteiger partial charge on any atom is 0.573 e. The van der Waals surface area contributed by atoms with Gasteiger partial charge in [-0.15, -0.1) is 13.2 Å². The number of Topliss-reactive ketones (excluding diaryl/α,β-unsaturated/α-hetero) is 1. The first-order chi connectivity index (χ1) is 17.1. The highest BCUT2D eigenvalue weighted by atomic mass is 19.4. The van der Waals surface area contributed by atoms with Crippen LogP contribution in [0.1, 0.15) is 35.7 Å². The number of likely N-dealkylation sites (tertiary alicyclic amines) is 1. The number of halogens is 3. The number of carbonyl (C=O) groups is 3. The molecule has 1 fully saturated rings. The largest absolute Gasteiger partial charge is 0.573 e. The molecule has 1 aliphatic heterocycles. The number of ketones is 1. The number of nitriles is 1. The Morgan fingerprint density at radius 2 is 1.97 bits per heavy atom. The van der Waals surface area contributed by atoms with Crippen LogP contribution >= 0.6 is 0 Å². The molecule has 2 amide bonds. The molecular weight excluding hydrogens is 477 g/mol. The Morgan fingerprint density at radius 3 is 2.67 bits per heavy atom. The average molecular weight is 498 g/mol. The Bertz CT molecular complexity index is 1390. The summed E-state index contributed by atoms with van der Waals surface area (Å²) in [5, 5.41) is 12.5. The monoisotopic (exact) mass is 498 g/mol. The molecule has 0 bridgehead atoms. The van der Waals surface area contributed by atoms with E-state index in [1.165, 1.54) is 34.7 Å². The van der Waals surface area contributed by atoms with Gasteiger partial charge in [0.05, 0.1) is 28.9 Å². The lowest BCUT2D eigenvalue weighted by atomic mass is 10.0. The van der Waals surface area contributed by atoms with E-state index in [0.29, 0.717) is 47.1 Å². The zero-order valence-electron chi connectivity index (χ0n) is 19.1. The van der Waals surface area contributed by atoms with E-state index < -0.39 is 24.2 Å². The van der Waals surface area contributed by atoms with Gasteiger partial charge in [-0.3, -0.25) is 14.2 Å². The topological polar surface area (TPSA) is 104 Å². The predicted molar refractivity (Wildman–Crippen MR) is 124 cm³/mol. The quantitative estimate of drug-likeness (QED) is 0.540. The van der Waals surface area contributed by atoms with Crippen molar-refractivity contribution in [1.82, 2.24) is 9.47 Å². The molecule has 3 aromatic rings. The fourth-order valence-corrected chi connectivity index (χ4v) is 4.36. The van der Waals surface area contributed by atoms with Crippen molar-refractivity contribution in [2.75, 3.05) is 11.9 Å². The van der Waals surface area contributed by atoms with Gasteiger partial charge in [-0.2, -0.15) is 5.26 Å². The molecule has 36 heavy (non-hydrogen) atoms. The number of nitrogens with zero attached hydrogens (tertiary/aromatic N) is 3. The molecule has 0 unspecified atom stereocenters. The summed E-state index contributed by atoms with van der Waals surface area (Å²) < 4.78 is 42.8. The summed E-state index contributed by atoms with van der Waals surface area (Å²) in [7, 11) is 0. The minimum Gasteiger partial charge on any atom is -0.406 e. The van der Waals surface area contributed by atoms with Crippen molar-refractivity contribution in [3.63, 3.8) is 0 Å². The lowest BCUT2D eigenvalue weighted by Gasteiger charge is -2.24. The average Bonchev–Trinajstić information content (AvgIpc) is 3.43. The number of hydrogen-bond donors (Lipinski definition) is 1. The lowest BCUT2D eigenvalue weighted by molar-refractivity contribution is -0.274. The van der Waals surface area contributed by atoms with Crippen LogP contribution in [0.15, 0.2) is 48.7 Å². The summed E-state index contributed by atoms with van der Waals surface area (Å²) in [6, 6.07) is 10.7. The fourth-order valence-electron chi connectivity index (χ4n) is 4.36. The first kappa shape index (κ1) is 24.8. The van der Waals surface area contributed by atoms with Gasteiger partial charge < -0.3 is 15.0 Å². The number of hydrogen-bond acceptors (Lipinski definition) is 5. The van der Waals surface area contributed by atoms with Crippen molar-refractivity contribution < 1.29 is 32.3 Å². The predicted octanol–water partition coefficient (Wildman–Crippen LogP) is 4.88. The smallest absolute Gasteiger partial charge is 0.406 e. The van der Waals surface area contributed by atoms with Gasteiger partial charge in [0.1, 0.15) is 5.75 Å².